The molecule has 1 aliphatic rings. The highest BCUT2D eigenvalue weighted by Crippen LogP contribution is 2.33. The number of rotatable bonds is 4. The summed E-state index contributed by atoms with van der Waals surface area (Å²) in [6.45, 7) is 2.17. The molecule has 14 heavy (non-hydrogen) atoms. The van der Waals surface area contributed by atoms with Crippen molar-refractivity contribution in [3.8, 4) is 0 Å². The monoisotopic (exact) mass is 211 g/mol. The second-order valence-electron chi connectivity index (χ2n) is 3.95. The Kier molecular flexibility index (Phi) is 2.87. The van der Waals surface area contributed by atoms with E-state index in [1.165, 1.54) is 25.5 Å². The lowest BCUT2D eigenvalue weighted by Crippen LogP contribution is -2.16. The SMILES string of the molecule is CC(CC1CC1)Nc1cncc(Cl)n1. The quantitative estimate of drug-likeness (QED) is 0.832. The van der Waals surface area contributed by atoms with Crippen LogP contribution in [0.15, 0.2) is 12.4 Å². The molecule has 1 N–H and O–H groups in total. The predicted molar refractivity (Wildman–Crippen MR) is 57.5 cm³/mol. The summed E-state index contributed by atoms with van der Waals surface area (Å²) in [5.74, 6) is 1.69. The van der Waals surface area contributed by atoms with Crippen LogP contribution in [0.1, 0.15) is 26.2 Å². The third-order valence-electron chi connectivity index (χ3n) is 2.38. The van der Waals surface area contributed by atoms with Gasteiger partial charge in [-0.25, -0.2) is 4.98 Å². The molecule has 1 fully saturated rings. The predicted octanol–water partition coefficient (Wildman–Crippen LogP) is 2.73. The van der Waals surface area contributed by atoms with Gasteiger partial charge >= 0.3 is 0 Å². The highest BCUT2D eigenvalue weighted by Gasteiger charge is 2.23. The topological polar surface area (TPSA) is 37.8 Å². The highest BCUT2D eigenvalue weighted by molar-refractivity contribution is 6.29. The summed E-state index contributed by atoms with van der Waals surface area (Å²) in [5, 5.41) is 3.73. The molecule has 1 aromatic heterocycles. The smallest absolute Gasteiger partial charge is 0.149 e. The number of nitrogens with one attached hydrogen (secondary N) is 1. The molecule has 0 radical (unpaired) electrons. The van der Waals surface area contributed by atoms with Gasteiger partial charge in [0.1, 0.15) is 11.0 Å². The van der Waals surface area contributed by atoms with Gasteiger partial charge in [0.25, 0.3) is 0 Å². The van der Waals surface area contributed by atoms with Crippen molar-refractivity contribution in [2.75, 3.05) is 5.32 Å². The van der Waals surface area contributed by atoms with E-state index in [4.69, 9.17) is 11.6 Å². The Labute approximate surface area is 88.9 Å². The van der Waals surface area contributed by atoms with E-state index in [9.17, 15) is 0 Å². The van der Waals surface area contributed by atoms with Crippen molar-refractivity contribution in [2.45, 2.75) is 32.2 Å². The van der Waals surface area contributed by atoms with Crippen LogP contribution in [0.2, 0.25) is 5.15 Å². The zero-order chi connectivity index (χ0) is 9.97. The lowest BCUT2D eigenvalue weighted by Gasteiger charge is -2.13. The Hall–Kier alpha value is -0.830. The molecular formula is C10H14ClN3. The average molecular weight is 212 g/mol. The maximum atomic E-state index is 5.73. The average Bonchev–Trinajstić information content (AvgIpc) is 2.87. The van der Waals surface area contributed by atoms with E-state index < -0.39 is 0 Å². The minimum Gasteiger partial charge on any atom is -0.366 e. The van der Waals surface area contributed by atoms with E-state index in [-0.39, 0.29) is 0 Å². The van der Waals surface area contributed by atoms with Gasteiger partial charge in [-0.15, -0.1) is 0 Å². The second kappa shape index (κ2) is 4.13. The van der Waals surface area contributed by atoms with Crippen molar-refractivity contribution in [1.29, 1.82) is 0 Å². The van der Waals surface area contributed by atoms with E-state index in [0.29, 0.717) is 11.2 Å². The minimum atomic E-state index is 0.439. The number of halogens is 1. The number of nitrogens with zero attached hydrogens (tertiary/aromatic N) is 2. The normalized spacial score (nSPS) is 17.9. The van der Waals surface area contributed by atoms with Crippen molar-refractivity contribution in [3.05, 3.63) is 17.5 Å². The molecular weight excluding hydrogens is 198 g/mol. The van der Waals surface area contributed by atoms with Crippen LogP contribution in [-0.2, 0) is 0 Å². The van der Waals surface area contributed by atoms with Crippen LogP contribution in [0.25, 0.3) is 0 Å². The molecule has 0 aromatic carbocycles. The first kappa shape index (κ1) is 9.71. The zero-order valence-electron chi connectivity index (χ0n) is 8.20. The molecule has 0 aliphatic heterocycles. The highest BCUT2D eigenvalue weighted by atomic mass is 35.5. The van der Waals surface area contributed by atoms with Crippen LogP contribution in [-0.4, -0.2) is 16.0 Å². The van der Waals surface area contributed by atoms with Gasteiger partial charge in [-0.2, -0.15) is 0 Å². The van der Waals surface area contributed by atoms with Crippen molar-refractivity contribution in [3.63, 3.8) is 0 Å². The van der Waals surface area contributed by atoms with E-state index >= 15 is 0 Å². The maximum absolute atomic E-state index is 5.73. The molecule has 1 saturated carbocycles. The van der Waals surface area contributed by atoms with Gasteiger partial charge in [0, 0.05) is 6.04 Å². The summed E-state index contributed by atoms with van der Waals surface area (Å²) in [6.07, 6.45) is 7.22. The summed E-state index contributed by atoms with van der Waals surface area (Å²) >= 11 is 5.73. The van der Waals surface area contributed by atoms with Crippen LogP contribution < -0.4 is 5.32 Å². The first-order valence-electron chi connectivity index (χ1n) is 4.98. The van der Waals surface area contributed by atoms with Gasteiger partial charge in [0.15, 0.2) is 0 Å². The molecule has 0 amide bonds. The maximum Gasteiger partial charge on any atom is 0.149 e. The van der Waals surface area contributed by atoms with Gasteiger partial charge in [-0.1, -0.05) is 24.4 Å². The Bertz CT molecular complexity index is 312. The fourth-order valence-corrected chi connectivity index (χ4v) is 1.72. The van der Waals surface area contributed by atoms with Crippen molar-refractivity contribution >= 4 is 17.4 Å². The third-order valence-corrected chi connectivity index (χ3v) is 2.57. The number of aromatic nitrogens is 2. The molecule has 1 aromatic rings. The van der Waals surface area contributed by atoms with E-state index in [2.05, 4.69) is 22.2 Å². The van der Waals surface area contributed by atoms with Gasteiger partial charge in [-0.3, -0.25) is 4.98 Å². The van der Waals surface area contributed by atoms with Crippen LogP contribution in [0, 0.1) is 5.92 Å². The lowest BCUT2D eigenvalue weighted by molar-refractivity contribution is 0.640. The Morgan fingerprint density at radius 3 is 3.00 bits per heavy atom. The van der Waals surface area contributed by atoms with Crippen LogP contribution in [0.3, 0.4) is 0 Å². The first-order valence-corrected chi connectivity index (χ1v) is 5.36. The zero-order valence-corrected chi connectivity index (χ0v) is 8.96. The van der Waals surface area contributed by atoms with Gasteiger partial charge in [0.2, 0.25) is 0 Å². The van der Waals surface area contributed by atoms with Gasteiger partial charge < -0.3 is 5.32 Å². The standard InChI is InChI=1S/C10H14ClN3/c1-7(4-8-2-3-8)13-10-6-12-5-9(11)14-10/h5-8H,2-4H2,1H3,(H,13,14). The van der Waals surface area contributed by atoms with E-state index in [1.54, 1.807) is 6.20 Å². The summed E-state index contributed by atoms with van der Waals surface area (Å²) in [4.78, 5) is 8.11. The van der Waals surface area contributed by atoms with E-state index in [0.717, 1.165) is 11.7 Å². The molecule has 3 nitrogen and oxygen atoms in total. The van der Waals surface area contributed by atoms with Crippen molar-refractivity contribution in [1.82, 2.24) is 9.97 Å². The van der Waals surface area contributed by atoms with Crippen LogP contribution in [0.4, 0.5) is 5.82 Å². The molecule has 0 bridgehead atoms. The Morgan fingerprint density at radius 2 is 2.36 bits per heavy atom. The molecule has 0 saturated heterocycles. The van der Waals surface area contributed by atoms with Crippen molar-refractivity contribution in [2.24, 2.45) is 5.92 Å². The number of anilines is 1. The van der Waals surface area contributed by atoms with Crippen LogP contribution in [0.5, 0.6) is 0 Å². The molecule has 1 heterocycles. The first-order chi connectivity index (χ1) is 6.74. The summed E-state index contributed by atoms with van der Waals surface area (Å²) < 4.78 is 0. The molecule has 4 heteroatoms. The Balaban J connectivity index is 1.88. The van der Waals surface area contributed by atoms with Crippen LogP contribution >= 0.6 is 11.6 Å². The minimum absolute atomic E-state index is 0.439. The molecule has 1 aliphatic carbocycles. The molecule has 1 unspecified atom stereocenters. The fourth-order valence-electron chi connectivity index (χ4n) is 1.58. The van der Waals surface area contributed by atoms with Gasteiger partial charge in [-0.05, 0) is 19.3 Å². The summed E-state index contributed by atoms with van der Waals surface area (Å²) in [5.41, 5.74) is 0. The molecule has 2 rings (SSSR count). The lowest BCUT2D eigenvalue weighted by atomic mass is 10.2. The fraction of sp³-hybridized carbons (Fsp3) is 0.600. The summed E-state index contributed by atoms with van der Waals surface area (Å²) in [6, 6.07) is 0.454. The molecule has 76 valence electrons. The van der Waals surface area contributed by atoms with Gasteiger partial charge in [0.05, 0.1) is 12.4 Å². The number of hydrogen-bond acceptors (Lipinski definition) is 3. The Morgan fingerprint density at radius 1 is 1.57 bits per heavy atom. The summed E-state index contributed by atoms with van der Waals surface area (Å²) in [7, 11) is 0. The van der Waals surface area contributed by atoms with Crippen molar-refractivity contribution < 1.29 is 0 Å². The molecule has 0 spiro atoms. The molecule has 1 atom stereocenters. The number of hydrogen-bond donors (Lipinski definition) is 1. The third kappa shape index (κ3) is 2.84. The largest absolute Gasteiger partial charge is 0.366 e. The second-order valence-corrected chi connectivity index (χ2v) is 4.34. The van der Waals surface area contributed by atoms with E-state index in [1.807, 2.05) is 0 Å².